The number of carboxylic acids is 1. The highest BCUT2D eigenvalue weighted by Gasteiger charge is 2.34. The third-order valence-electron chi connectivity index (χ3n) is 8.91. The molecule has 0 aliphatic carbocycles. The predicted octanol–water partition coefficient (Wildman–Crippen LogP) is 3.39. The molecule has 0 heterocycles. The molecule has 12 nitrogen and oxygen atoms in total. The summed E-state index contributed by atoms with van der Waals surface area (Å²) in [7, 11) is 0. The summed E-state index contributed by atoms with van der Waals surface area (Å²) in [5.74, 6) is -3.62. The monoisotopic (exact) mass is 696 g/mol. The van der Waals surface area contributed by atoms with Crippen molar-refractivity contribution < 1.29 is 38.9 Å². The lowest BCUT2D eigenvalue weighted by atomic mass is 9.94. The van der Waals surface area contributed by atoms with Gasteiger partial charge in [0.25, 0.3) is 0 Å². The van der Waals surface area contributed by atoms with Gasteiger partial charge in [-0.3, -0.25) is 19.2 Å². The first-order chi connectivity index (χ1) is 23.7. The van der Waals surface area contributed by atoms with Gasteiger partial charge in [-0.25, -0.2) is 4.79 Å². The maximum Gasteiger partial charge on any atom is 0.326 e. The highest BCUT2D eigenvalue weighted by atomic mass is 16.5. The summed E-state index contributed by atoms with van der Waals surface area (Å²) in [6.07, 6.45) is -0.472. The zero-order valence-electron chi connectivity index (χ0n) is 30.4. The number of amides is 4. The lowest BCUT2D eigenvalue weighted by Gasteiger charge is -2.30. The summed E-state index contributed by atoms with van der Waals surface area (Å²) in [5.41, 5.74) is 1.54. The van der Waals surface area contributed by atoms with Crippen molar-refractivity contribution in [1.29, 1.82) is 0 Å². The summed E-state index contributed by atoms with van der Waals surface area (Å²) in [4.78, 5) is 65.2. The standard InChI is InChI=1S/C38H56N4O8/c1-8-24(6)34(40-31(44)21-27-17-14-18-28(19-27)50-10-3)36(46)39-29(20-26-15-12-11-13-16-26)30(43)22-32(45)41-35(25(7)9-2)37(47)42-33(23(4)5)38(48)49/h11-19,23-25,29-30,33-35,43H,8-10,20-22H2,1-7H3,(H,39,46)(H,40,44)(H,41,45)(H,42,47)(H,48,49)/t24?,25-,29-,30-,33-,34?,35?/m0/s1. The van der Waals surface area contributed by atoms with Crippen molar-refractivity contribution in [2.45, 2.75) is 111 Å². The zero-order chi connectivity index (χ0) is 37.4. The van der Waals surface area contributed by atoms with Crippen LogP contribution >= 0.6 is 0 Å². The molecule has 0 saturated heterocycles. The van der Waals surface area contributed by atoms with Gasteiger partial charge in [-0.1, -0.05) is 96.8 Å². The number of aliphatic hydroxyl groups is 1. The molecule has 0 bridgehead atoms. The molecule has 0 radical (unpaired) electrons. The Morgan fingerprint density at radius 3 is 1.80 bits per heavy atom. The van der Waals surface area contributed by atoms with Gasteiger partial charge >= 0.3 is 5.97 Å². The number of nitrogens with one attached hydrogen (secondary N) is 4. The van der Waals surface area contributed by atoms with Gasteiger partial charge in [-0.15, -0.1) is 0 Å². The molecular weight excluding hydrogens is 640 g/mol. The molecule has 3 unspecified atom stereocenters. The molecule has 7 atom stereocenters. The number of carbonyl (C=O) groups is 5. The number of benzene rings is 2. The van der Waals surface area contributed by atoms with Crippen molar-refractivity contribution in [1.82, 2.24) is 21.3 Å². The van der Waals surface area contributed by atoms with Gasteiger partial charge in [0, 0.05) is 0 Å². The molecule has 0 saturated carbocycles. The molecule has 12 heteroatoms. The lowest BCUT2D eigenvalue weighted by molar-refractivity contribution is -0.143. The van der Waals surface area contributed by atoms with E-state index in [1.54, 1.807) is 39.0 Å². The molecule has 0 aliphatic heterocycles. The SMILES string of the molecule is CCOc1cccc(CC(=O)NC(C(=O)N[C@@H](Cc2ccccc2)[C@@H](O)CC(=O)NC(C(=O)N[C@H](C(=O)O)C(C)C)[C@@H](C)CC)C(C)CC)c1. The number of hydrogen-bond acceptors (Lipinski definition) is 7. The minimum atomic E-state index is -1.36. The first-order valence-electron chi connectivity index (χ1n) is 17.6. The molecule has 0 aromatic heterocycles. The van der Waals surface area contributed by atoms with E-state index in [0.29, 0.717) is 25.2 Å². The van der Waals surface area contributed by atoms with Gasteiger partial charge in [-0.2, -0.15) is 0 Å². The van der Waals surface area contributed by atoms with Crippen LogP contribution in [0.1, 0.15) is 78.9 Å². The quantitative estimate of drug-likeness (QED) is 0.115. The van der Waals surface area contributed by atoms with Crippen molar-refractivity contribution in [3.05, 3.63) is 65.7 Å². The van der Waals surface area contributed by atoms with Crippen LogP contribution < -0.4 is 26.0 Å². The van der Waals surface area contributed by atoms with Crippen LogP contribution in [-0.2, 0) is 36.8 Å². The van der Waals surface area contributed by atoms with E-state index in [4.69, 9.17) is 4.74 Å². The minimum absolute atomic E-state index is 0.0344. The van der Waals surface area contributed by atoms with Crippen LogP contribution in [-0.4, -0.2) is 76.7 Å². The largest absolute Gasteiger partial charge is 0.494 e. The van der Waals surface area contributed by atoms with Gasteiger partial charge < -0.3 is 36.2 Å². The summed E-state index contributed by atoms with van der Waals surface area (Å²) >= 11 is 0. The summed E-state index contributed by atoms with van der Waals surface area (Å²) in [6.45, 7) is 13.1. The first-order valence-corrected chi connectivity index (χ1v) is 17.6. The van der Waals surface area contributed by atoms with Crippen LogP contribution in [0.3, 0.4) is 0 Å². The molecule has 50 heavy (non-hydrogen) atoms. The van der Waals surface area contributed by atoms with Gasteiger partial charge in [0.2, 0.25) is 23.6 Å². The van der Waals surface area contributed by atoms with E-state index >= 15 is 0 Å². The number of hydrogen-bond donors (Lipinski definition) is 6. The molecule has 276 valence electrons. The van der Waals surface area contributed by atoms with E-state index < -0.39 is 60.4 Å². The highest BCUT2D eigenvalue weighted by Crippen LogP contribution is 2.17. The molecule has 4 amide bonds. The Morgan fingerprint density at radius 2 is 1.26 bits per heavy atom. The van der Waals surface area contributed by atoms with Crippen LogP contribution in [0.5, 0.6) is 5.75 Å². The fraction of sp³-hybridized carbons (Fsp3) is 0.553. The first kappa shape index (κ1) is 41.7. The molecule has 2 aromatic rings. The van der Waals surface area contributed by atoms with E-state index in [-0.39, 0.29) is 36.5 Å². The zero-order valence-corrected chi connectivity index (χ0v) is 30.4. The lowest BCUT2D eigenvalue weighted by Crippen LogP contribution is -2.57. The van der Waals surface area contributed by atoms with E-state index in [9.17, 15) is 34.2 Å². The molecule has 0 spiro atoms. The van der Waals surface area contributed by atoms with Crippen LogP contribution in [0.25, 0.3) is 0 Å². The fourth-order valence-corrected chi connectivity index (χ4v) is 5.47. The predicted molar refractivity (Wildman–Crippen MR) is 191 cm³/mol. The molecule has 2 rings (SSSR count). The maximum absolute atomic E-state index is 13.8. The Hall–Kier alpha value is -4.45. The summed E-state index contributed by atoms with van der Waals surface area (Å²) in [6, 6.07) is 12.4. The maximum atomic E-state index is 13.8. The van der Waals surface area contributed by atoms with Crippen molar-refractivity contribution in [3.8, 4) is 5.75 Å². The Balaban J connectivity index is 2.24. The molecule has 0 aliphatic rings. The second kappa shape index (κ2) is 20.9. The second-order valence-electron chi connectivity index (χ2n) is 13.3. The summed E-state index contributed by atoms with van der Waals surface area (Å²) < 4.78 is 5.54. The van der Waals surface area contributed by atoms with Crippen LogP contribution in [0.15, 0.2) is 54.6 Å². The van der Waals surface area contributed by atoms with Crippen molar-refractivity contribution in [2.24, 2.45) is 17.8 Å². The van der Waals surface area contributed by atoms with Gasteiger partial charge in [-0.05, 0) is 54.4 Å². The normalized spacial score (nSPS) is 15.4. The number of rotatable bonds is 21. The third-order valence-corrected chi connectivity index (χ3v) is 8.91. The average Bonchev–Trinajstić information content (AvgIpc) is 3.07. The summed E-state index contributed by atoms with van der Waals surface area (Å²) in [5, 5.41) is 31.9. The topological polar surface area (TPSA) is 183 Å². The number of carbonyl (C=O) groups excluding carboxylic acids is 4. The Labute approximate surface area is 296 Å². The fourth-order valence-electron chi connectivity index (χ4n) is 5.47. The van der Waals surface area contributed by atoms with E-state index in [2.05, 4.69) is 21.3 Å². The van der Waals surface area contributed by atoms with Gasteiger partial charge in [0.15, 0.2) is 0 Å². The third kappa shape index (κ3) is 13.5. The number of aliphatic hydroxyl groups excluding tert-OH is 1. The van der Waals surface area contributed by atoms with Crippen molar-refractivity contribution in [2.75, 3.05) is 6.61 Å². The average molecular weight is 697 g/mol. The highest BCUT2D eigenvalue weighted by molar-refractivity contribution is 5.91. The Bertz CT molecular complexity index is 1400. The second-order valence-corrected chi connectivity index (χ2v) is 13.3. The number of carboxylic acid groups (broad SMARTS) is 1. The molecular formula is C38H56N4O8. The van der Waals surface area contributed by atoms with Gasteiger partial charge in [0.1, 0.15) is 23.9 Å². The smallest absolute Gasteiger partial charge is 0.326 e. The number of ether oxygens (including phenoxy) is 1. The van der Waals surface area contributed by atoms with E-state index in [1.165, 1.54) is 0 Å². The van der Waals surface area contributed by atoms with E-state index in [1.807, 2.05) is 64.1 Å². The molecule has 6 N–H and O–H groups in total. The Kier molecular flexibility index (Phi) is 17.5. The minimum Gasteiger partial charge on any atom is -0.494 e. The molecule has 0 fully saturated rings. The van der Waals surface area contributed by atoms with Crippen LogP contribution in [0.2, 0.25) is 0 Å². The van der Waals surface area contributed by atoms with E-state index in [0.717, 1.165) is 11.1 Å². The van der Waals surface area contributed by atoms with Crippen LogP contribution in [0.4, 0.5) is 0 Å². The van der Waals surface area contributed by atoms with Crippen molar-refractivity contribution >= 4 is 29.6 Å². The van der Waals surface area contributed by atoms with Gasteiger partial charge in [0.05, 0.1) is 31.6 Å². The molecule has 2 aromatic carbocycles. The number of aliphatic carboxylic acids is 1. The Morgan fingerprint density at radius 1 is 0.700 bits per heavy atom. The van der Waals surface area contributed by atoms with Crippen molar-refractivity contribution in [3.63, 3.8) is 0 Å². The van der Waals surface area contributed by atoms with Crippen LogP contribution in [0, 0.1) is 17.8 Å².